The van der Waals surface area contributed by atoms with Crippen molar-refractivity contribution >= 4 is 22.5 Å². The molecule has 0 aliphatic rings. The number of aromatic nitrogens is 2. The van der Waals surface area contributed by atoms with Gasteiger partial charge < -0.3 is 0 Å². The SMILES string of the molecule is CCCON(C)C(=O)N(C)c1nnc(C(C)(C)C(C#N)(CC)CC)s1. The highest BCUT2D eigenvalue weighted by atomic mass is 32.1. The Morgan fingerprint density at radius 3 is 2.32 bits per heavy atom. The third-order valence-electron chi connectivity index (χ3n) is 4.90. The Hall–Kier alpha value is -1.72. The van der Waals surface area contributed by atoms with Gasteiger partial charge in [0.05, 0.1) is 18.1 Å². The molecule has 0 aliphatic heterocycles. The Kier molecular flexibility index (Phi) is 7.32. The molecule has 0 saturated heterocycles. The second-order valence-electron chi connectivity index (χ2n) is 6.59. The normalized spacial score (nSPS) is 11.9. The van der Waals surface area contributed by atoms with Crippen LogP contribution in [0.5, 0.6) is 0 Å². The fraction of sp³-hybridized carbons (Fsp3) is 0.765. The zero-order valence-corrected chi connectivity index (χ0v) is 17.1. The molecular weight excluding hydrogens is 338 g/mol. The highest BCUT2D eigenvalue weighted by Crippen LogP contribution is 2.47. The molecule has 1 aromatic rings. The summed E-state index contributed by atoms with van der Waals surface area (Å²) in [4.78, 5) is 19.1. The molecule has 0 fully saturated rings. The fourth-order valence-electron chi connectivity index (χ4n) is 2.82. The standard InChI is InChI=1S/C17H29N5O2S/c1-8-11-24-22(7)15(23)21(6)14-20-19-13(25-14)16(4,5)17(9-2,10-3)12-18/h8-11H2,1-7H3. The van der Waals surface area contributed by atoms with E-state index < -0.39 is 10.8 Å². The number of nitrogens with zero attached hydrogens (tertiary/aromatic N) is 5. The van der Waals surface area contributed by atoms with Crippen LogP contribution in [0.15, 0.2) is 0 Å². The topological polar surface area (TPSA) is 82.3 Å². The molecule has 1 rings (SSSR count). The van der Waals surface area contributed by atoms with E-state index >= 15 is 0 Å². The van der Waals surface area contributed by atoms with E-state index in [0.29, 0.717) is 11.7 Å². The van der Waals surface area contributed by atoms with Crippen LogP contribution in [-0.2, 0) is 10.3 Å². The molecule has 0 saturated carbocycles. The van der Waals surface area contributed by atoms with E-state index in [2.05, 4.69) is 16.3 Å². The zero-order chi connectivity index (χ0) is 19.3. The summed E-state index contributed by atoms with van der Waals surface area (Å²) in [5.74, 6) is 0. The van der Waals surface area contributed by atoms with E-state index in [1.54, 1.807) is 14.1 Å². The Morgan fingerprint density at radius 2 is 1.84 bits per heavy atom. The van der Waals surface area contributed by atoms with Gasteiger partial charge in [-0.2, -0.15) is 5.26 Å². The minimum Gasteiger partial charge on any atom is -0.270 e. The van der Waals surface area contributed by atoms with E-state index in [-0.39, 0.29) is 6.03 Å². The van der Waals surface area contributed by atoms with E-state index in [9.17, 15) is 10.1 Å². The summed E-state index contributed by atoms with van der Waals surface area (Å²) in [6.07, 6.45) is 2.28. The Morgan fingerprint density at radius 1 is 1.24 bits per heavy atom. The second kappa shape index (κ2) is 8.59. The van der Waals surface area contributed by atoms with Crippen molar-refractivity contribution in [3.8, 4) is 6.07 Å². The summed E-state index contributed by atoms with van der Waals surface area (Å²) in [7, 11) is 3.22. The third kappa shape index (κ3) is 4.10. The number of hydroxylamine groups is 2. The Labute approximate surface area is 154 Å². The van der Waals surface area contributed by atoms with Crippen molar-refractivity contribution in [1.82, 2.24) is 15.3 Å². The maximum atomic E-state index is 12.4. The largest absolute Gasteiger partial charge is 0.349 e. The number of carbonyl (C=O) groups excluding carboxylic acids is 1. The number of urea groups is 1. The van der Waals surface area contributed by atoms with Crippen molar-refractivity contribution in [2.75, 3.05) is 25.6 Å². The van der Waals surface area contributed by atoms with Crippen molar-refractivity contribution in [3.05, 3.63) is 5.01 Å². The van der Waals surface area contributed by atoms with Gasteiger partial charge in [0.15, 0.2) is 0 Å². The smallest absolute Gasteiger partial charge is 0.270 e. The summed E-state index contributed by atoms with van der Waals surface area (Å²) >= 11 is 1.34. The molecule has 0 aromatic carbocycles. The number of rotatable bonds is 8. The molecule has 140 valence electrons. The van der Waals surface area contributed by atoms with Crippen molar-refractivity contribution in [1.29, 1.82) is 5.26 Å². The predicted octanol–water partition coefficient (Wildman–Crippen LogP) is 3.98. The average molecular weight is 368 g/mol. The van der Waals surface area contributed by atoms with Crippen LogP contribution in [-0.4, -0.2) is 42.0 Å². The molecule has 0 spiro atoms. The summed E-state index contributed by atoms with van der Waals surface area (Å²) in [5.41, 5.74) is -0.983. The molecule has 0 radical (unpaired) electrons. The number of amides is 2. The van der Waals surface area contributed by atoms with Crippen molar-refractivity contribution in [3.63, 3.8) is 0 Å². The lowest BCUT2D eigenvalue weighted by atomic mass is 9.63. The van der Waals surface area contributed by atoms with Gasteiger partial charge >= 0.3 is 6.03 Å². The van der Waals surface area contributed by atoms with Crippen molar-refractivity contribution in [2.45, 2.75) is 59.3 Å². The van der Waals surface area contributed by atoms with E-state index in [0.717, 1.165) is 24.3 Å². The lowest BCUT2D eigenvalue weighted by Gasteiger charge is -2.38. The number of anilines is 1. The molecule has 25 heavy (non-hydrogen) atoms. The van der Waals surface area contributed by atoms with Gasteiger partial charge in [-0.3, -0.25) is 9.74 Å². The summed E-state index contributed by atoms with van der Waals surface area (Å²) < 4.78 is 0. The van der Waals surface area contributed by atoms with Gasteiger partial charge in [-0.05, 0) is 19.3 Å². The monoisotopic (exact) mass is 367 g/mol. The highest BCUT2D eigenvalue weighted by molar-refractivity contribution is 7.15. The third-order valence-corrected chi connectivity index (χ3v) is 6.22. The summed E-state index contributed by atoms with van der Waals surface area (Å²) in [6.45, 7) is 10.5. The van der Waals surface area contributed by atoms with E-state index in [4.69, 9.17) is 4.84 Å². The first-order chi connectivity index (χ1) is 11.7. The molecule has 0 atom stereocenters. The molecule has 0 N–H and O–H groups in total. The maximum absolute atomic E-state index is 12.4. The average Bonchev–Trinajstić information content (AvgIpc) is 3.11. The number of carbonyl (C=O) groups is 1. The van der Waals surface area contributed by atoms with Crippen LogP contribution in [0, 0.1) is 16.7 Å². The van der Waals surface area contributed by atoms with Crippen LogP contribution >= 0.6 is 11.3 Å². The maximum Gasteiger partial charge on any atom is 0.349 e. The predicted molar refractivity (Wildman–Crippen MR) is 99.4 cm³/mol. The first-order valence-corrected chi connectivity index (χ1v) is 9.41. The van der Waals surface area contributed by atoms with Crippen molar-refractivity contribution in [2.24, 2.45) is 5.41 Å². The van der Waals surface area contributed by atoms with Crippen LogP contribution in [0.25, 0.3) is 0 Å². The highest BCUT2D eigenvalue weighted by Gasteiger charge is 2.46. The van der Waals surface area contributed by atoms with E-state index in [1.807, 2.05) is 34.6 Å². The van der Waals surface area contributed by atoms with Crippen LogP contribution in [0.3, 0.4) is 0 Å². The van der Waals surface area contributed by atoms with Crippen LogP contribution in [0.1, 0.15) is 58.9 Å². The van der Waals surface area contributed by atoms with Crippen molar-refractivity contribution < 1.29 is 9.63 Å². The molecule has 0 aliphatic carbocycles. The van der Waals surface area contributed by atoms with Crippen LogP contribution < -0.4 is 4.90 Å². The number of hydrogen-bond acceptors (Lipinski definition) is 6. The lowest BCUT2D eigenvalue weighted by Crippen LogP contribution is -2.39. The lowest BCUT2D eigenvalue weighted by molar-refractivity contribution is -0.0953. The quantitative estimate of drug-likeness (QED) is 0.649. The van der Waals surface area contributed by atoms with Gasteiger partial charge in [0, 0.05) is 19.5 Å². The molecule has 1 heterocycles. The van der Waals surface area contributed by atoms with Gasteiger partial charge in [0.25, 0.3) is 0 Å². The minimum atomic E-state index is -0.520. The van der Waals surface area contributed by atoms with Gasteiger partial charge in [-0.15, -0.1) is 10.2 Å². The van der Waals surface area contributed by atoms with Gasteiger partial charge in [-0.25, -0.2) is 9.86 Å². The van der Waals surface area contributed by atoms with E-state index in [1.165, 1.54) is 21.3 Å². The van der Waals surface area contributed by atoms with Crippen LogP contribution in [0.4, 0.5) is 9.93 Å². The van der Waals surface area contributed by atoms with Gasteiger partial charge in [0.2, 0.25) is 5.13 Å². The zero-order valence-electron chi connectivity index (χ0n) is 16.3. The molecule has 0 bridgehead atoms. The summed E-state index contributed by atoms with van der Waals surface area (Å²) in [5, 5.41) is 20.6. The molecule has 8 heteroatoms. The second-order valence-corrected chi connectivity index (χ2v) is 7.54. The first kappa shape index (κ1) is 21.3. The minimum absolute atomic E-state index is 0.313. The number of hydrogen-bond donors (Lipinski definition) is 0. The molecule has 2 amide bonds. The Balaban J connectivity index is 3.06. The van der Waals surface area contributed by atoms with Crippen LogP contribution in [0.2, 0.25) is 0 Å². The number of nitriles is 1. The Bertz CT molecular complexity index is 619. The fourth-order valence-corrected chi connectivity index (χ4v) is 3.82. The molecule has 7 nitrogen and oxygen atoms in total. The van der Waals surface area contributed by atoms with Gasteiger partial charge in [0.1, 0.15) is 5.01 Å². The molecule has 1 aromatic heterocycles. The first-order valence-electron chi connectivity index (χ1n) is 8.60. The molecule has 0 unspecified atom stereocenters. The van der Waals surface area contributed by atoms with Gasteiger partial charge in [-0.1, -0.05) is 46.0 Å². The molecular formula is C17H29N5O2S. The summed E-state index contributed by atoms with van der Waals surface area (Å²) in [6, 6.07) is 2.17.